The number of nitrogens with zero attached hydrogens (tertiary/aromatic N) is 1. The summed E-state index contributed by atoms with van der Waals surface area (Å²) in [6.07, 6.45) is 2.07. The van der Waals surface area contributed by atoms with Gasteiger partial charge >= 0.3 is 0 Å². The fourth-order valence-electron chi connectivity index (χ4n) is 1.97. The highest BCUT2D eigenvalue weighted by atomic mass is 32.2. The third-order valence-corrected chi connectivity index (χ3v) is 3.94. The van der Waals surface area contributed by atoms with Gasteiger partial charge in [0.2, 0.25) is 0 Å². The normalized spacial score (nSPS) is 10.4. The molecule has 0 saturated carbocycles. The van der Waals surface area contributed by atoms with Crippen LogP contribution in [-0.2, 0) is 6.54 Å². The predicted molar refractivity (Wildman–Crippen MR) is 91.5 cm³/mol. The molecule has 0 heterocycles. The zero-order chi connectivity index (χ0) is 15.8. The van der Waals surface area contributed by atoms with Gasteiger partial charge in [-0.15, -0.1) is 11.8 Å². The first-order chi connectivity index (χ1) is 10.7. The average molecular weight is 317 g/mol. The molecule has 0 saturated heterocycles. The van der Waals surface area contributed by atoms with Crippen molar-refractivity contribution in [2.24, 2.45) is 0 Å². The lowest BCUT2D eigenvalue weighted by molar-refractivity contribution is -0.384. The molecular formula is C16H19N3O2S. The number of benzene rings is 2. The van der Waals surface area contributed by atoms with Gasteiger partial charge < -0.3 is 10.6 Å². The first-order valence-corrected chi connectivity index (χ1v) is 8.23. The van der Waals surface area contributed by atoms with E-state index in [0.29, 0.717) is 0 Å². The first kappa shape index (κ1) is 16.3. The molecule has 116 valence electrons. The minimum atomic E-state index is -0.395. The lowest BCUT2D eigenvalue weighted by atomic mass is 10.2. The largest absolute Gasteiger partial charge is 0.384 e. The average Bonchev–Trinajstić information content (AvgIpc) is 2.55. The van der Waals surface area contributed by atoms with Crippen molar-refractivity contribution in [1.82, 2.24) is 5.32 Å². The van der Waals surface area contributed by atoms with Gasteiger partial charge in [0, 0.05) is 42.3 Å². The Morgan fingerprint density at radius 1 is 1.05 bits per heavy atom. The number of rotatable bonds is 8. The van der Waals surface area contributed by atoms with Gasteiger partial charge in [0.1, 0.15) is 0 Å². The van der Waals surface area contributed by atoms with Gasteiger partial charge in [-0.25, -0.2) is 0 Å². The molecule has 22 heavy (non-hydrogen) atoms. The molecule has 0 amide bonds. The molecule has 0 aromatic heterocycles. The smallest absolute Gasteiger partial charge is 0.269 e. The molecule has 0 atom stereocenters. The lowest BCUT2D eigenvalue weighted by Gasteiger charge is -2.08. The van der Waals surface area contributed by atoms with Crippen LogP contribution in [0.3, 0.4) is 0 Å². The van der Waals surface area contributed by atoms with E-state index in [4.69, 9.17) is 0 Å². The van der Waals surface area contributed by atoms with Crippen molar-refractivity contribution in [3.8, 4) is 0 Å². The van der Waals surface area contributed by atoms with Crippen LogP contribution in [0.2, 0.25) is 0 Å². The molecule has 0 fully saturated rings. The Balaban J connectivity index is 1.67. The Labute approximate surface area is 134 Å². The van der Waals surface area contributed by atoms with E-state index in [1.54, 1.807) is 23.9 Å². The Morgan fingerprint density at radius 2 is 1.73 bits per heavy atom. The van der Waals surface area contributed by atoms with E-state index >= 15 is 0 Å². The number of anilines is 1. The second kappa shape index (κ2) is 8.41. The van der Waals surface area contributed by atoms with Crippen LogP contribution >= 0.6 is 11.8 Å². The Bertz CT molecular complexity index is 600. The maximum atomic E-state index is 10.6. The molecular weight excluding hydrogens is 298 g/mol. The Hall–Kier alpha value is -2.05. The highest BCUT2D eigenvalue weighted by Crippen LogP contribution is 2.15. The molecule has 0 spiro atoms. The van der Waals surface area contributed by atoms with Crippen LogP contribution in [0.15, 0.2) is 53.4 Å². The zero-order valence-electron chi connectivity index (χ0n) is 12.4. The van der Waals surface area contributed by atoms with E-state index in [1.807, 2.05) is 0 Å². The van der Waals surface area contributed by atoms with Crippen molar-refractivity contribution >= 4 is 23.1 Å². The van der Waals surface area contributed by atoms with Gasteiger partial charge in [0.15, 0.2) is 0 Å². The molecule has 0 unspecified atom stereocenters. The van der Waals surface area contributed by atoms with E-state index in [2.05, 4.69) is 41.2 Å². The zero-order valence-corrected chi connectivity index (χ0v) is 13.2. The van der Waals surface area contributed by atoms with Crippen LogP contribution in [0.25, 0.3) is 0 Å². The van der Waals surface area contributed by atoms with Crippen LogP contribution in [0.5, 0.6) is 0 Å². The van der Waals surface area contributed by atoms with Crippen LogP contribution in [0.4, 0.5) is 11.4 Å². The van der Waals surface area contributed by atoms with E-state index < -0.39 is 4.92 Å². The fourth-order valence-corrected chi connectivity index (χ4v) is 2.38. The number of hydrogen-bond acceptors (Lipinski definition) is 5. The Morgan fingerprint density at radius 3 is 2.32 bits per heavy atom. The van der Waals surface area contributed by atoms with Crippen molar-refractivity contribution in [3.05, 3.63) is 64.2 Å². The van der Waals surface area contributed by atoms with E-state index in [-0.39, 0.29) is 5.69 Å². The SMILES string of the molecule is CSc1ccc(CNCCNc2ccc([N+](=O)[O-])cc2)cc1. The van der Waals surface area contributed by atoms with Gasteiger partial charge in [-0.2, -0.15) is 0 Å². The minimum absolute atomic E-state index is 0.109. The third kappa shape index (κ3) is 5.05. The number of nitro groups is 1. The molecule has 0 aliphatic rings. The summed E-state index contributed by atoms with van der Waals surface area (Å²) >= 11 is 1.74. The molecule has 0 bridgehead atoms. The number of non-ortho nitro benzene ring substituents is 1. The van der Waals surface area contributed by atoms with Gasteiger partial charge in [0.05, 0.1) is 4.92 Å². The van der Waals surface area contributed by atoms with Crippen LogP contribution in [0, 0.1) is 10.1 Å². The Kier molecular flexibility index (Phi) is 6.24. The van der Waals surface area contributed by atoms with E-state index in [1.165, 1.54) is 22.6 Å². The lowest BCUT2D eigenvalue weighted by Crippen LogP contribution is -2.21. The van der Waals surface area contributed by atoms with Gasteiger partial charge in [-0.05, 0) is 36.1 Å². The summed E-state index contributed by atoms with van der Waals surface area (Å²) in [7, 11) is 0. The molecule has 0 aliphatic heterocycles. The highest BCUT2D eigenvalue weighted by molar-refractivity contribution is 7.98. The number of nitrogens with one attached hydrogen (secondary N) is 2. The second-order valence-corrected chi connectivity index (χ2v) is 5.64. The molecule has 6 heteroatoms. The molecule has 2 aromatic rings. The minimum Gasteiger partial charge on any atom is -0.384 e. The van der Waals surface area contributed by atoms with Crippen LogP contribution in [0.1, 0.15) is 5.56 Å². The summed E-state index contributed by atoms with van der Waals surface area (Å²) in [4.78, 5) is 11.4. The van der Waals surface area contributed by atoms with Gasteiger partial charge in [-0.1, -0.05) is 12.1 Å². The van der Waals surface area contributed by atoms with Gasteiger partial charge in [-0.3, -0.25) is 10.1 Å². The summed E-state index contributed by atoms with van der Waals surface area (Å²) in [5.41, 5.74) is 2.25. The van der Waals surface area contributed by atoms with Crippen molar-refractivity contribution in [3.63, 3.8) is 0 Å². The summed E-state index contributed by atoms with van der Waals surface area (Å²) < 4.78 is 0. The molecule has 0 radical (unpaired) electrons. The fraction of sp³-hybridized carbons (Fsp3) is 0.250. The van der Waals surface area contributed by atoms with Crippen molar-refractivity contribution in [2.75, 3.05) is 24.7 Å². The maximum Gasteiger partial charge on any atom is 0.269 e. The second-order valence-electron chi connectivity index (χ2n) is 4.76. The maximum absolute atomic E-state index is 10.6. The van der Waals surface area contributed by atoms with Crippen molar-refractivity contribution < 1.29 is 4.92 Å². The topological polar surface area (TPSA) is 67.2 Å². The van der Waals surface area contributed by atoms with Crippen LogP contribution < -0.4 is 10.6 Å². The van der Waals surface area contributed by atoms with E-state index in [9.17, 15) is 10.1 Å². The third-order valence-electron chi connectivity index (χ3n) is 3.20. The van der Waals surface area contributed by atoms with Crippen molar-refractivity contribution in [2.45, 2.75) is 11.4 Å². The first-order valence-electron chi connectivity index (χ1n) is 7.01. The number of thioether (sulfide) groups is 1. The standard InChI is InChI=1S/C16H19N3O2S/c1-22-16-8-2-13(3-9-16)12-17-10-11-18-14-4-6-15(7-5-14)19(20)21/h2-9,17-18H,10-12H2,1H3. The van der Waals surface area contributed by atoms with Gasteiger partial charge in [0.25, 0.3) is 5.69 Å². The molecule has 5 nitrogen and oxygen atoms in total. The number of hydrogen-bond donors (Lipinski definition) is 2. The van der Waals surface area contributed by atoms with Crippen LogP contribution in [-0.4, -0.2) is 24.3 Å². The van der Waals surface area contributed by atoms with E-state index in [0.717, 1.165) is 25.3 Å². The monoisotopic (exact) mass is 317 g/mol. The molecule has 2 N–H and O–H groups in total. The summed E-state index contributed by atoms with van der Waals surface area (Å²) in [5, 5.41) is 17.1. The molecule has 2 rings (SSSR count). The molecule has 2 aromatic carbocycles. The molecule has 0 aliphatic carbocycles. The summed E-state index contributed by atoms with van der Waals surface area (Å²) in [6.45, 7) is 2.42. The summed E-state index contributed by atoms with van der Waals surface area (Å²) in [6, 6.07) is 14.9. The van der Waals surface area contributed by atoms with Crippen molar-refractivity contribution in [1.29, 1.82) is 0 Å². The quantitative estimate of drug-likeness (QED) is 0.337. The summed E-state index contributed by atoms with van der Waals surface area (Å²) in [5.74, 6) is 0. The highest BCUT2D eigenvalue weighted by Gasteiger charge is 2.03. The predicted octanol–water partition coefficient (Wildman–Crippen LogP) is 3.52. The number of nitro benzene ring substituents is 1.